The van der Waals surface area contributed by atoms with Crippen molar-refractivity contribution in [2.45, 2.75) is 51.1 Å². The van der Waals surface area contributed by atoms with Crippen LogP contribution in [0.4, 0.5) is 0 Å². The fourth-order valence-corrected chi connectivity index (χ4v) is 3.87. The predicted octanol–water partition coefficient (Wildman–Crippen LogP) is 2.69. The molecule has 28 heavy (non-hydrogen) atoms. The minimum Gasteiger partial charge on any atom is -0.354 e. The van der Waals surface area contributed by atoms with E-state index in [1.807, 2.05) is 7.05 Å². The van der Waals surface area contributed by atoms with Crippen LogP contribution in [0.2, 0.25) is 0 Å². The highest BCUT2D eigenvalue weighted by atomic mass is 15.3. The third-order valence-corrected chi connectivity index (χ3v) is 5.42. The van der Waals surface area contributed by atoms with Crippen molar-refractivity contribution in [2.24, 2.45) is 4.99 Å². The van der Waals surface area contributed by atoms with Crippen LogP contribution in [0, 0.1) is 0 Å². The Labute approximate surface area is 168 Å². The molecular weight excluding hydrogens is 350 g/mol. The fourth-order valence-electron chi connectivity index (χ4n) is 3.87. The van der Waals surface area contributed by atoms with Crippen molar-refractivity contribution >= 4 is 5.96 Å². The number of nitrogens with zero attached hydrogens (tertiary/aromatic N) is 4. The Bertz CT molecular complexity index is 731. The maximum Gasteiger partial charge on any atom is 0.193 e. The highest BCUT2D eigenvalue weighted by Gasteiger charge is 2.26. The minimum atomic E-state index is -0.0661. The summed E-state index contributed by atoms with van der Waals surface area (Å²) < 4.78 is 0. The van der Waals surface area contributed by atoms with Gasteiger partial charge in [0.15, 0.2) is 5.96 Å². The van der Waals surface area contributed by atoms with E-state index in [4.69, 9.17) is 0 Å². The lowest BCUT2D eigenvalue weighted by atomic mass is 9.96. The van der Waals surface area contributed by atoms with E-state index in [1.54, 1.807) is 6.33 Å². The van der Waals surface area contributed by atoms with Crippen molar-refractivity contribution in [1.82, 2.24) is 30.7 Å². The van der Waals surface area contributed by atoms with Gasteiger partial charge in [0, 0.05) is 44.2 Å². The summed E-state index contributed by atoms with van der Waals surface area (Å²) in [5.74, 6) is 2.43. The van der Waals surface area contributed by atoms with Gasteiger partial charge in [-0.2, -0.15) is 5.10 Å². The minimum absolute atomic E-state index is 0.0661. The molecule has 0 aliphatic carbocycles. The van der Waals surface area contributed by atoms with Gasteiger partial charge in [-0.3, -0.25) is 10.1 Å². The van der Waals surface area contributed by atoms with Crippen molar-refractivity contribution in [2.75, 3.05) is 26.7 Å². The summed E-state index contributed by atoms with van der Waals surface area (Å²) in [6.07, 6.45) is 3.71. The normalized spacial score (nSPS) is 17.6. The Kier molecular flexibility index (Phi) is 6.67. The Hall–Kier alpha value is -2.41. The van der Waals surface area contributed by atoms with E-state index in [-0.39, 0.29) is 11.6 Å². The van der Waals surface area contributed by atoms with Crippen molar-refractivity contribution in [1.29, 1.82) is 0 Å². The van der Waals surface area contributed by atoms with Crippen LogP contribution in [0.1, 0.15) is 57.0 Å². The first-order valence-electron chi connectivity index (χ1n) is 10.1. The molecule has 1 saturated heterocycles. The topological polar surface area (TPSA) is 81.2 Å². The lowest BCUT2D eigenvalue weighted by Crippen LogP contribution is -2.53. The third-order valence-electron chi connectivity index (χ3n) is 5.42. The molecule has 0 bridgehead atoms. The summed E-state index contributed by atoms with van der Waals surface area (Å²) in [4.78, 5) is 11.2. The quantitative estimate of drug-likeness (QED) is 0.528. The Morgan fingerprint density at radius 3 is 2.61 bits per heavy atom. The van der Waals surface area contributed by atoms with Crippen LogP contribution in [0.25, 0.3) is 0 Å². The number of piperidine rings is 1. The third kappa shape index (κ3) is 5.32. The molecular formula is C21H33N7. The lowest BCUT2D eigenvalue weighted by molar-refractivity contribution is 0.290. The van der Waals surface area contributed by atoms with Gasteiger partial charge >= 0.3 is 0 Å². The molecule has 1 atom stereocenters. The van der Waals surface area contributed by atoms with Gasteiger partial charge in [0.05, 0.1) is 0 Å². The monoisotopic (exact) mass is 383 g/mol. The first kappa shape index (κ1) is 20.3. The molecule has 7 heteroatoms. The number of nitrogens with one attached hydrogen (secondary N) is 3. The fraction of sp³-hybridized carbons (Fsp3) is 0.571. The van der Waals surface area contributed by atoms with Crippen LogP contribution in [0.15, 0.2) is 41.7 Å². The number of hydrogen-bond acceptors (Lipinski definition) is 4. The zero-order chi connectivity index (χ0) is 20.0. The van der Waals surface area contributed by atoms with Crippen molar-refractivity contribution < 1.29 is 0 Å². The van der Waals surface area contributed by atoms with Gasteiger partial charge in [0.2, 0.25) is 0 Å². The zero-order valence-electron chi connectivity index (χ0n) is 17.4. The first-order chi connectivity index (χ1) is 13.5. The summed E-state index contributed by atoms with van der Waals surface area (Å²) in [5.41, 5.74) is 1.23. The maximum absolute atomic E-state index is 4.51. The maximum atomic E-state index is 4.51. The summed E-state index contributed by atoms with van der Waals surface area (Å²) in [5, 5.41) is 14.3. The smallest absolute Gasteiger partial charge is 0.193 e. The molecule has 1 aromatic heterocycles. The first-order valence-corrected chi connectivity index (χ1v) is 10.1. The van der Waals surface area contributed by atoms with E-state index in [0.717, 1.165) is 44.3 Å². The number of aromatic nitrogens is 3. The molecule has 152 valence electrons. The van der Waals surface area contributed by atoms with Crippen LogP contribution in [0.5, 0.6) is 0 Å². The zero-order valence-corrected chi connectivity index (χ0v) is 17.4. The van der Waals surface area contributed by atoms with Gasteiger partial charge in [-0.05, 0) is 39.2 Å². The molecule has 0 saturated carbocycles. The number of rotatable bonds is 6. The molecule has 0 spiro atoms. The summed E-state index contributed by atoms with van der Waals surface area (Å²) >= 11 is 0. The number of likely N-dealkylation sites (tertiary alicyclic amines) is 1. The van der Waals surface area contributed by atoms with Crippen molar-refractivity contribution in [3.63, 3.8) is 0 Å². The number of H-pyrrole nitrogens is 1. The van der Waals surface area contributed by atoms with Crippen molar-refractivity contribution in [3.05, 3.63) is 48.0 Å². The number of hydrogen-bond donors (Lipinski definition) is 3. The highest BCUT2D eigenvalue weighted by molar-refractivity contribution is 5.80. The van der Waals surface area contributed by atoms with Crippen LogP contribution in [0.3, 0.4) is 0 Å². The number of aromatic amines is 1. The van der Waals surface area contributed by atoms with Crippen LogP contribution in [-0.2, 0) is 0 Å². The van der Waals surface area contributed by atoms with Gasteiger partial charge in [0.1, 0.15) is 12.2 Å². The average Bonchev–Trinajstić information content (AvgIpc) is 3.24. The second-order valence-corrected chi connectivity index (χ2v) is 8.19. The summed E-state index contributed by atoms with van der Waals surface area (Å²) in [6, 6.07) is 10.8. The van der Waals surface area contributed by atoms with E-state index in [9.17, 15) is 0 Å². The van der Waals surface area contributed by atoms with E-state index in [1.165, 1.54) is 5.56 Å². The molecule has 1 aliphatic rings. The van der Waals surface area contributed by atoms with Crippen LogP contribution in [-0.4, -0.2) is 58.3 Å². The van der Waals surface area contributed by atoms with E-state index < -0.39 is 0 Å². The van der Waals surface area contributed by atoms with Gasteiger partial charge < -0.3 is 15.5 Å². The van der Waals surface area contributed by atoms with Gasteiger partial charge in [-0.1, -0.05) is 30.3 Å². The SMILES string of the molecule is CN=C(NCC(C)(C)NC(C)c1ccccc1)N1CCC(c2ncn[nH]2)CC1. The molecule has 2 aromatic rings. The predicted molar refractivity (Wildman–Crippen MR) is 113 cm³/mol. The highest BCUT2D eigenvalue weighted by Crippen LogP contribution is 2.25. The summed E-state index contributed by atoms with van der Waals surface area (Å²) in [6.45, 7) is 9.41. The second-order valence-electron chi connectivity index (χ2n) is 8.19. The van der Waals surface area contributed by atoms with Crippen LogP contribution >= 0.6 is 0 Å². The molecule has 1 aliphatic heterocycles. The van der Waals surface area contributed by atoms with E-state index in [2.05, 4.69) is 86.8 Å². The molecule has 1 aromatic carbocycles. The Balaban J connectivity index is 1.49. The Morgan fingerprint density at radius 2 is 2.00 bits per heavy atom. The van der Waals surface area contributed by atoms with Gasteiger partial charge in [-0.25, -0.2) is 4.98 Å². The molecule has 1 fully saturated rings. The van der Waals surface area contributed by atoms with Crippen molar-refractivity contribution in [3.8, 4) is 0 Å². The summed E-state index contributed by atoms with van der Waals surface area (Å²) in [7, 11) is 1.86. The lowest BCUT2D eigenvalue weighted by Gasteiger charge is -2.36. The van der Waals surface area contributed by atoms with Gasteiger partial charge in [0.25, 0.3) is 0 Å². The second kappa shape index (κ2) is 9.19. The Morgan fingerprint density at radius 1 is 1.29 bits per heavy atom. The van der Waals surface area contributed by atoms with E-state index in [0.29, 0.717) is 5.92 Å². The average molecular weight is 384 g/mol. The standard InChI is InChI=1S/C21H33N7/c1-16(17-8-6-5-7-9-17)26-21(2,3)14-23-20(22-4)28-12-10-18(11-13-28)19-24-15-25-27-19/h5-9,15-16,18,26H,10-14H2,1-4H3,(H,22,23)(H,24,25,27). The number of benzene rings is 1. The van der Waals surface area contributed by atoms with Crippen LogP contribution < -0.4 is 10.6 Å². The largest absolute Gasteiger partial charge is 0.354 e. The molecule has 2 heterocycles. The number of aliphatic imine (C=N–C) groups is 1. The number of guanidine groups is 1. The molecule has 7 nitrogen and oxygen atoms in total. The molecule has 0 radical (unpaired) electrons. The van der Waals surface area contributed by atoms with Gasteiger partial charge in [-0.15, -0.1) is 0 Å². The molecule has 3 rings (SSSR count). The molecule has 0 amide bonds. The molecule has 3 N–H and O–H groups in total. The molecule has 1 unspecified atom stereocenters. The van der Waals surface area contributed by atoms with E-state index >= 15 is 0 Å².